The smallest absolute Gasteiger partial charge is 0.237 e. The number of amides is 1. The molecule has 0 saturated heterocycles. The Balaban J connectivity index is 0.00000484. The number of nitrogens with one attached hydrogen (secondary N) is 1. The highest BCUT2D eigenvalue weighted by atomic mass is 35.5. The van der Waals surface area contributed by atoms with Crippen molar-refractivity contribution in [1.29, 1.82) is 0 Å². The molecule has 1 aromatic carbocycles. The first-order valence-electron chi connectivity index (χ1n) is 7.56. The average Bonchev–Trinajstić information content (AvgIpc) is 2.49. The Morgan fingerprint density at radius 1 is 1.30 bits per heavy atom. The highest BCUT2D eigenvalue weighted by Crippen LogP contribution is 2.23. The molecule has 0 aromatic heterocycles. The fourth-order valence-electron chi connectivity index (χ4n) is 2.03. The summed E-state index contributed by atoms with van der Waals surface area (Å²) in [5, 5.41) is 12.9. The van der Waals surface area contributed by atoms with E-state index >= 15 is 0 Å². The van der Waals surface area contributed by atoms with Gasteiger partial charge in [-0.2, -0.15) is 11.8 Å². The second-order valence-electron chi connectivity index (χ2n) is 6.52. The number of hydrogen-bond donors (Lipinski definition) is 3. The lowest BCUT2D eigenvalue weighted by Gasteiger charge is -2.20. The Morgan fingerprint density at radius 2 is 1.87 bits per heavy atom. The maximum atomic E-state index is 11.8. The van der Waals surface area contributed by atoms with Crippen LogP contribution in [0.2, 0.25) is 0 Å². The number of carbonyl (C=O) groups excluding carboxylic acids is 1. The van der Waals surface area contributed by atoms with Gasteiger partial charge in [0.2, 0.25) is 5.91 Å². The van der Waals surface area contributed by atoms with Crippen LogP contribution in [0, 0.1) is 0 Å². The van der Waals surface area contributed by atoms with Crippen molar-refractivity contribution in [2.45, 2.75) is 44.8 Å². The van der Waals surface area contributed by atoms with Crippen molar-refractivity contribution in [2.75, 3.05) is 18.6 Å². The summed E-state index contributed by atoms with van der Waals surface area (Å²) >= 11 is 1.66. The van der Waals surface area contributed by atoms with Crippen molar-refractivity contribution in [3.63, 3.8) is 0 Å². The molecule has 0 aliphatic rings. The SMILES string of the molecule is CSCC[C@H](N)C(=O)NCC(O)c1ccc(C(C)(C)C)cc1.Cl. The third-order valence-corrected chi connectivity index (χ3v) is 4.24. The molecule has 0 aliphatic heterocycles. The van der Waals surface area contributed by atoms with Crippen LogP contribution in [-0.4, -0.2) is 35.6 Å². The lowest BCUT2D eigenvalue weighted by atomic mass is 9.86. The summed E-state index contributed by atoms with van der Waals surface area (Å²) in [5.74, 6) is 0.644. The third kappa shape index (κ3) is 7.57. The monoisotopic (exact) mass is 360 g/mol. The molecule has 132 valence electrons. The molecule has 0 bridgehead atoms. The van der Waals surface area contributed by atoms with Crippen LogP contribution in [0.5, 0.6) is 0 Å². The number of carbonyl (C=O) groups is 1. The molecule has 23 heavy (non-hydrogen) atoms. The summed E-state index contributed by atoms with van der Waals surface area (Å²) in [7, 11) is 0. The van der Waals surface area contributed by atoms with E-state index in [-0.39, 0.29) is 30.3 Å². The van der Waals surface area contributed by atoms with E-state index in [1.54, 1.807) is 11.8 Å². The van der Waals surface area contributed by atoms with Crippen molar-refractivity contribution in [3.05, 3.63) is 35.4 Å². The fourth-order valence-corrected chi connectivity index (χ4v) is 2.52. The zero-order valence-electron chi connectivity index (χ0n) is 14.3. The molecule has 0 aliphatic carbocycles. The molecule has 1 amide bonds. The van der Waals surface area contributed by atoms with E-state index in [0.29, 0.717) is 6.42 Å². The number of halogens is 1. The minimum Gasteiger partial charge on any atom is -0.387 e. The Hall–Kier alpha value is -0.750. The van der Waals surface area contributed by atoms with Crippen LogP contribution in [0.15, 0.2) is 24.3 Å². The summed E-state index contributed by atoms with van der Waals surface area (Å²) in [6, 6.07) is 7.34. The van der Waals surface area contributed by atoms with Gasteiger partial charge in [0.1, 0.15) is 0 Å². The van der Waals surface area contributed by atoms with Crippen LogP contribution >= 0.6 is 24.2 Å². The van der Waals surface area contributed by atoms with E-state index in [9.17, 15) is 9.90 Å². The molecular weight excluding hydrogens is 332 g/mol. The van der Waals surface area contributed by atoms with E-state index < -0.39 is 12.1 Å². The normalized spacial score (nSPS) is 13.8. The van der Waals surface area contributed by atoms with Crippen LogP contribution in [0.3, 0.4) is 0 Å². The molecule has 2 atom stereocenters. The summed E-state index contributed by atoms with van der Waals surface area (Å²) in [4.78, 5) is 11.8. The first kappa shape index (κ1) is 22.2. The van der Waals surface area contributed by atoms with Gasteiger partial charge < -0.3 is 16.2 Å². The van der Waals surface area contributed by atoms with Gasteiger partial charge in [-0.15, -0.1) is 12.4 Å². The van der Waals surface area contributed by atoms with E-state index in [1.807, 2.05) is 30.5 Å². The molecule has 0 heterocycles. The minimum absolute atomic E-state index is 0. The van der Waals surface area contributed by atoms with Gasteiger partial charge in [-0.05, 0) is 35.0 Å². The largest absolute Gasteiger partial charge is 0.387 e. The predicted molar refractivity (Wildman–Crippen MR) is 101 cm³/mol. The molecule has 0 spiro atoms. The van der Waals surface area contributed by atoms with Crippen LogP contribution in [-0.2, 0) is 10.2 Å². The zero-order chi connectivity index (χ0) is 16.8. The van der Waals surface area contributed by atoms with Gasteiger partial charge in [-0.1, -0.05) is 45.0 Å². The molecule has 0 radical (unpaired) electrons. The van der Waals surface area contributed by atoms with Crippen molar-refractivity contribution < 1.29 is 9.90 Å². The first-order chi connectivity index (χ1) is 10.3. The summed E-state index contributed by atoms with van der Waals surface area (Å²) in [5.41, 5.74) is 7.89. The van der Waals surface area contributed by atoms with Gasteiger partial charge in [0.05, 0.1) is 12.1 Å². The molecule has 1 unspecified atom stereocenters. The van der Waals surface area contributed by atoms with Crippen molar-refractivity contribution in [2.24, 2.45) is 5.73 Å². The van der Waals surface area contributed by atoms with Gasteiger partial charge in [0, 0.05) is 6.54 Å². The van der Waals surface area contributed by atoms with Gasteiger partial charge >= 0.3 is 0 Å². The molecule has 4 nitrogen and oxygen atoms in total. The van der Waals surface area contributed by atoms with Crippen molar-refractivity contribution >= 4 is 30.1 Å². The molecular formula is C17H29ClN2O2S. The van der Waals surface area contributed by atoms with Gasteiger partial charge in [-0.3, -0.25) is 4.79 Å². The lowest BCUT2D eigenvalue weighted by molar-refractivity contribution is -0.122. The minimum atomic E-state index is -0.717. The number of nitrogens with two attached hydrogens (primary N) is 1. The highest BCUT2D eigenvalue weighted by molar-refractivity contribution is 7.98. The molecule has 0 saturated carbocycles. The van der Waals surface area contributed by atoms with E-state index in [0.717, 1.165) is 11.3 Å². The molecule has 6 heteroatoms. The van der Waals surface area contributed by atoms with Gasteiger partial charge in [-0.25, -0.2) is 0 Å². The lowest BCUT2D eigenvalue weighted by Crippen LogP contribution is -2.42. The fraction of sp³-hybridized carbons (Fsp3) is 0.588. The molecule has 1 rings (SSSR count). The Kier molecular flexibility index (Phi) is 9.85. The van der Waals surface area contributed by atoms with E-state index in [1.165, 1.54) is 5.56 Å². The number of benzene rings is 1. The second-order valence-corrected chi connectivity index (χ2v) is 7.51. The van der Waals surface area contributed by atoms with Crippen molar-refractivity contribution in [3.8, 4) is 0 Å². The molecule has 4 N–H and O–H groups in total. The topological polar surface area (TPSA) is 75.4 Å². The first-order valence-corrected chi connectivity index (χ1v) is 8.96. The summed E-state index contributed by atoms with van der Waals surface area (Å²) < 4.78 is 0. The predicted octanol–water partition coefficient (Wildman–Crippen LogP) is 2.64. The third-order valence-electron chi connectivity index (χ3n) is 3.60. The standard InChI is InChI=1S/C17H28N2O2S.ClH/c1-17(2,3)13-7-5-12(6-8-13)15(20)11-19-16(21)14(18)9-10-22-4;/h5-8,14-15,20H,9-11,18H2,1-4H3,(H,19,21);1H/t14-,15?;/m0./s1. The van der Waals surface area contributed by atoms with E-state index in [2.05, 4.69) is 26.1 Å². The number of thioether (sulfide) groups is 1. The zero-order valence-corrected chi connectivity index (χ0v) is 16.0. The molecule has 0 fully saturated rings. The second kappa shape index (κ2) is 10.2. The van der Waals surface area contributed by atoms with Gasteiger partial charge in [0.25, 0.3) is 0 Å². The number of aliphatic hydroxyl groups is 1. The maximum absolute atomic E-state index is 11.8. The van der Waals surface area contributed by atoms with Crippen LogP contribution < -0.4 is 11.1 Å². The Bertz CT molecular complexity index is 474. The maximum Gasteiger partial charge on any atom is 0.237 e. The van der Waals surface area contributed by atoms with Crippen molar-refractivity contribution in [1.82, 2.24) is 5.32 Å². The highest BCUT2D eigenvalue weighted by Gasteiger charge is 2.17. The van der Waals surface area contributed by atoms with Crippen LogP contribution in [0.1, 0.15) is 44.4 Å². The number of hydrogen-bond acceptors (Lipinski definition) is 4. The van der Waals surface area contributed by atoms with E-state index in [4.69, 9.17) is 5.73 Å². The van der Waals surface area contributed by atoms with Gasteiger partial charge in [0.15, 0.2) is 0 Å². The van der Waals surface area contributed by atoms with Crippen LogP contribution in [0.4, 0.5) is 0 Å². The quantitative estimate of drug-likeness (QED) is 0.698. The number of aliphatic hydroxyl groups excluding tert-OH is 1. The Labute approximate surface area is 150 Å². The average molecular weight is 361 g/mol. The van der Waals surface area contributed by atoms with Crippen LogP contribution in [0.25, 0.3) is 0 Å². The summed E-state index contributed by atoms with van der Waals surface area (Å²) in [6.07, 6.45) is 1.91. The Morgan fingerprint density at radius 3 is 2.35 bits per heavy atom. The number of rotatable bonds is 7. The molecule has 1 aromatic rings. The summed E-state index contributed by atoms with van der Waals surface area (Å²) in [6.45, 7) is 6.62.